The van der Waals surface area contributed by atoms with Crippen LogP contribution in [0.15, 0.2) is 23.7 Å². The van der Waals surface area contributed by atoms with E-state index in [0.29, 0.717) is 0 Å². The monoisotopic (exact) mass is 279 g/mol. The second-order valence-corrected chi connectivity index (χ2v) is 5.48. The summed E-state index contributed by atoms with van der Waals surface area (Å²) in [6.45, 7) is 5.50. The molecule has 2 heterocycles. The molecule has 0 aliphatic carbocycles. The Balaban J connectivity index is 1.89. The van der Waals surface area contributed by atoms with Crippen LogP contribution in [0.25, 0.3) is 0 Å². The summed E-state index contributed by atoms with van der Waals surface area (Å²) in [7, 11) is 1.72. The summed E-state index contributed by atoms with van der Waals surface area (Å²) in [5.74, 6) is 1.08. The van der Waals surface area contributed by atoms with E-state index in [9.17, 15) is 0 Å². The number of rotatable bonds is 8. The maximum atomic E-state index is 5.03. The molecule has 0 spiro atoms. The molecular formula is C14H21N3OS. The van der Waals surface area contributed by atoms with E-state index in [1.807, 2.05) is 17.5 Å². The van der Waals surface area contributed by atoms with Crippen molar-refractivity contribution < 1.29 is 4.74 Å². The minimum absolute atomic E-state index is 0.738. The molecule has 0 aromatic carbocycles. The fourth-order valence-electron chi connectivity index (χ4n) is 2.03. The molecule has 4 nitrogen and oxygen atoms in total. The van der Waals surface area contributed by atoms with Gasteiger partial charge in [0.05, 0.1) is 12.3 Å². The van der Waals surface area contributed by atoms with E-state index in [1.165, 1.54) is 10.6 Å². The molecule has 0 unspecified atom stereocenters. The van der Waals surface area contributed by atoms with Gasteiger partial charge >= 0.3 is 0 Å². The van der Waals surface area contributed by atoms with Gasteiger partial charge in [-0.05, 0) is 24.8 Å². The molecule has 2 aromatic heterocycles. The highest BCUT2D eigenvalue weighted by Gasteiger charge is 2.06. The largest absolute Gasteiger partial charge is 0.383 e. The van der Waals surface area contributed by atoms with E-state index < -0.39 is 0 Å². The first kappa shape index (κ1) is 14.2. The Morgan fingerprint density at radius 2 is 2.37 bits per heavy atom. The Bertz CT molecular complexity index is 479. The van der Waals surface area contributed by atoms with Crippen LogP contribution in [-0.2, 0) is 24.2 Å². The third-order valence-corrected chi connectivity index (χ3v) is 4.02. The highest BCUT2D eigenvalue weighted by atomic mass is 32.1. The van der Waals surface area contributed by atoms with Crippen LogP contribution in [0.4, 0.5) is 0 Å². The van der Waals surface area contributed by atoms with Gasteiger partial charge in [-0.1, -0.05) is 6.07 Å². The average Bonchev–Trinajstić information content (AvgIpc) is 3.03. The lowest BCUT2D eigenvalue weighted by atomic mass is 10.3. The number of thiophene rings is 1. The van der Waals surface area contributed by atoms with Gasteiger partial charge in [-0.15, -0.1) is 11.3 Å². The molecule has 1 N–H and O–H groups in total. The van der Waals surface area contributed by atoms with Crippen molar-refractivity contribution >= 4 is 11.3 Å². The van der Waals surface area contributed by atoms with E-state index in [2.05, 4.69) is 39.3 Å². The van der Waals surface area contributed by atoms with Crippen LogP contribution in [0.2, 0.25) is 0 Å². The van der Waals surface area contributed by atoms with Gasteiger partial charge in [-0.2, -0.15) is 0 Å². The molecule has 19 heavy (non-hydrogen) atoms. The summed E-state index contributed by atoms with van der Waals surface area (Å²) < 4.78 is 7.32. The molecule has 2 aromatic rings. The van der Waals surface area contributed by atoms with Gasteiger partial charge in [-0.25, -0.2) is 4.98 Å². The van der Waals surface area contributed by atoms with Gasteiger partial charge < -0.3 is 14.6 Å². The van der Waals surface area contributed by atoms with Crippen molar-refractivity contribution in [1.29, 1.82) is 0 Å². The molecule has 2 rings (SSSR count). The fourth-order valence-corrected chi connectivity index (χ4v) is 2.73. The highest BCUT2D eigenvalue weighted by Crippen LogP contribution is 2.12. The van der Waals surface area contributed by atoms with E-state index >= 15 is 0 Å². The summed E-state index contributed by atoms with van der Waals surface area (Å²) in [5, 5.41) is 5.49. The lowest BCUT2D eigenvalue weighted by molar-refractivity contribution is 0.199. The van der Waals surface area contributed by atoms with Crippen molar-refractivity contribution in [2.45, 2.75) is 26.4 Å². The molecule has 0 saturated carbocycles. The Kier molecular flexibility index (Phi) is 5.57. The van der Waals surface area contributed by atoms with E-state index in [4.69, 9.17) is 4.74 Å². The van der Waals surface area contributed by atoms with Crippen LogP contribution in [0, 0.1) is 6.92 Å². The van der Waals surface area contributed by atoms with E-state index in [-0.39, 0.29) is 0 Å². The van der Waals surface area contributed by atoms with Crippen molar-refractivity contribution in [3.63, 3.8) is 0 Å². The zero-order chi connectivity index (χ0) is 13.5. The lowest BCUT2D eigenvalue weighted by Crippen LogP contribution is -2.21. The highest BCUT2D eigenvalue weighted by molar-refractivity contribution is 7.09. The number of methoxy groups -OCH3 is 1. The van der Waals surface area contributed by atoms with Crippen LogP contribution in [0.3, 0.4) is 0 Å². The summed E-state index contributed by atoms with van der Waals surface area (Å²) in [6.07, 6.45) is 3.03. The minimum Gasteiger partial charge on any atom is -0.383 e. The molecule has 0 aliphatic heterocycles. The predicted octanol–water partition coefficient (Wildman–Crippen LogP) is 2.23. The summed E-state index contributed by atoms with van der Waals surface area (Å²) >= 11 is 1.82. The third kappa shape index (κ3) is 4.16. The van der Waals surface area contributed by atoms with Crippen molar-refractivity contribution in [2.24, 2.45) is 0 Å². The van der Waals surface area contributed by atoms with Crippen molar-refractivity contribution in [3.05, 3.63) is 40.1 Å². The van der Waals surface area contributed by atoms with Crippen LogP contribution < -0.4 is 5.32 Å². The molecule has 0 amide bonds. The van der Waals surface area contributed by atoms with Gasteiger partial charge in [0.2, 0.25) is 0 Å². The van der Waals surface area contributed by atoms with Crippen molar-refractivity contribution in [3.8, 4) is 0 Å². The van der Waals surface area contributed by atoms with Crippen molar-refractivity contribution in [1.82, 2.24) is 14.9 Å². The first-order valence-electron chi connectivity index (χ1n) is 6.54. The maximum absolute atomic E-state index is 5.03. The predicted molar refractivity (Wildman–Crippen MR) is 78.6 cm³/mol. The van der Waals surface area contributed by atoms with E-state index in [0.717, 1.165) is 38.5 Å². The average molecular weight is 279 g/mol. The maximum Gasteiger partial charge on any atom is 0.105 e. The van der Waals surface area contributed by atoms with Crippen LogP contribution in [-0.4, -0.2) is 29.8 Å². The zero-order valence-electron chi connectivity index (χ0n) is 11.6. The number of aromatic nitrogens is 2. The molecule has 0 saturated heterocycles. The SMILES string of the molecule is COCCNCc1cnc(C)n1CCc1cccs1. The van der Waals surface area contributed by atoms with Crippen LogP contribution in [0.5, 0.6) is 0 Å². The summed E-state index contributed by atoms with van der Waals surface area (Å²) in [5.41, 5.74) is 1.24. The number of nitrogens with zero attached hydrogens (tertiary/aromatic N) is 2. The molecule has 0 radical (unpaired) electrons. The topological polar surface area (TPSA) is 39.1 Å². The fraction of sp³-hybridized carbons (Fsp3) is 0.500. The second-order valence-electron chi connectivity index (χ2n) is 4.45. The van der Waals surface area contributed by atoms with Gasteiger partial charge in [0.1, 0.15) is 5.82 Å². The molecule has 104 valence electrons. The Morgan fingerprint density at radius 1 is 1.47 bits per heavy atom. The molecule has 0 aliphatic rings. The molecule has 0 atom stereocenters. The first-order chi connectivity index (χ1) is 9.31. The Hall–Kier alpha value is -1.17. The smallest absolute Gasteiger partial charge is 0.105 e. The van der Waals surface area contributed by atoms with E-state index in [1.54, 1.807) is 7.11 Å². The number of nitrogens with one attached hydrogen (secondary N) is 1. The van der Waals surface area contributed by atoms with Gasteiger partial charge in [0.15, 0.2) is 0 Å². The zero-order valence-corrected chi connectivity index (χ0v) is 12.4. The van der Waals surface area contributed by atoms with Crippen molar-refractivity contribution in [2.75, 3.05) is 20.3 Å². The van der Waals surface area contributed by atoms with Gasteiger partial charge in [0, 0.05) is 37.8 Å². The number of imidazole rings is 1. The molecule has 0 fully saturated rings. The Labute approximate surface area is 118 Å². The van der Waals surface area contributed by atoms with Crippen LogP contribution >= 0.6 is 11.3 Å². The number of hydrogen-bond acceptors (Lipinski definition) is 4. The summed E-state index contributed by atoms with van der Waals surface area (Å²) in [4.78, 5) is 5.83. The van der Waals surface area contributed by atoms with Crippen LogP contribution in [0.1, 0.15) is 16.4 Å². The van der Waals surface area contributed by atoms with Gasteiger partial charge in [-0.3, -0.25) is 0 Å². The normalized spacial score (nSPS) is 11.1. The minimum atomic E-state index is 0.738. The summed E-state index contributed by atoms with van der Waals surface area (Å²) in [6, 6.07) is 4.29. The quantitative estimate of drug-likeness (QED) is 0.753. The third-order valence-electron chi connectivity index (χ3n) is 3.09. The molecular weight excluding hydrogens is 258 g/mol. The molecule has 5 heteroatoms. The number of ether oxygens (including phenoxy) is 1. The molecule has 0 bridgehead atoms. The number of hydrogen-bond donors (Lipinski definition) is 1. The second kappa shape index (κ2) is 7.43. The first-order valence-corrected chi connectivity index (χ1v) is 7.42. The standard InChI is InChI=1S/C14H21N3OS/c1-12-16-11-13(10-15-6-8-18-2)17(12)7-5-14-4-3-9-19-14/h3-4,9,11,15H,5-8,10H2,1-2H3. The Morgan fingerprint density at radius 3 is 3.11 bits per heavy atom. The van der Waals surface area contributed by atoms with Gasteiger partial charge in [0.25, 0.3) is 0 Å². The number of aryl methyl sites for hydroxylation is 2. The lowest BCUT2D eigenvalue weighted by Gasteiger charge is -2.10.